The van der Waals surface area contributed by atoms with Gasteiger partial charge in [-0.05, 0) is 53.1 Å². The highest BCUT2D eigenvalue weighted by Gasteiger charge is 2.31. The summed E-state index contributed by atoms with van der Waals surface area (Å²) in [6.45, 7) is 12.3. The fourth-order valence-electron chi connectivity index (χ4n) is 1.91. The molecule has 4 heteroatoms. The first-order valence-electron chi connectivity index (χ1n) is 6.93. The SMILES string of the molecule is CC(C)CCN(C)CCC(C)(NC(C)C)C(N)=O. The van der Waals surface area contributed by atoms with Crippen LogP contribution in [0.25, 0.3) is 0 Å². The van der Waals surface area contributed by atoms with Crippen molar-refractivity contribution < 1.29 is 4.79 Å². The van der Waals surface area contributed by atoms with Crippen LogP contribution in [0.2, 0.25) is 0 Å². The Morgan fingerprint density at radius 2 is 1.83 bits per heavy atom. The number of hydrogen-bond acceptors (Lipinski definition) is 3. The largest absolute Gasteiger partial charge is 0.368 e. The molecule has 0 radical (unpaired) electrons. The van der Waals surface area contributed by atoms with E-state index in [-0.39, 0.29) is 11.9 Å². The lowest BCUT2D eigenvalue weighted by Gasteiger charge is -2.31. The Hall–Kier alpha value is -0.610. The van der Waals surface area contributed by atoms with Crippen molar-refractivity contribution >= 4 is 5.91 Å². The fraction of sp³-hybridized carbons (Fsp3) is 0.929. The number of primary amides is 1. The van der Waals surface area contributed by atoms with Gasteiger partial charge < -0.3 is 16.0 Å². The Balaban J connectivity index is 4.23. The van der Waals surface area contributed by atoms with Crippen molar-refractivity contribution in [2.45, 2.75) is 59.0 Å². The molecule has 0 heterocycles. The lowest BCUT2D eigenvalue weighted by molar-refractivity contribution is -0.124. The molecule has 0 saturated heterocycles. The molecule has 0 saturated carbocycles. The molecule has 1 atom stereocenters. The van der Waals surface area contributed by atoms with Crippen LogP contribution in [0.15, 0.2) is 0 Å². The minimum Gasteiger partial charge on any atom is -0.368 e. The van der Waals surface area contributed by atoms with Crippen LogP contribution in [0.1, 0.15) is 47.5 Å². The van der Waals surface area contributed by atoms with Gasteiger partial charge in [-0.1, -0.05) is 13.8 Å². The molecule has 1 unspecified atom stereocenters. The van der Waals surface area contributed by atoms with E-state index >= 15 is 0 Å². The molecule has 0 fully saturated rings. The van der Waals surface area contributed by atoms with Crippen LogP contribution in [-0.2, 0) is 4.79 Å². The summed E-state index contributed by atoms with van der Waals surface area (Å²) >= 11 is 0. The lowest BCUT2D eigenvalue weighted by atomic mass is 9.95. The van der Waals surface area contributed by atoms with Gasteiger partial charge in [-0.2, -0.15) is 0 Å². The van der Waals surface area contributed by atoms with Crippen molar-refractivity contribution in [2.75, 3.05) is 20.1 Å². The zero-order chi connectivity index (χ0) is 14.3. The first-order chi connectivity index (χ1) is 8.17. The van der Waals surface area contributed by atoms with E-state index in [2.05, 4.69) is 31.1 Å². The second-order valence-electron chi connectivity index (χ2n) is 6.23. The molecular formula is C14H31N3O. The van der Waals surface area contributed by atoms with E-state index in [4.69, 9.17) is 5.73 Å². The van der Waals surface area contributed by atoms with Crippen molar-refractivity contribution in [3.05, 3.63) is 0 Å². The Morgan fingerprint density at radius 1 is 1.28 bits per heavy atom. The molecule has 0 aromatic carbocycles. The van der Waals surface area contributed by atoms with Gasteiger partial charge in [0.15, 0.2) is 0 Å². The van der Waals surface area contributed by atoms with Crippen molar-refractivity contribution in [1.29, 1.82) is 0 Å². The van der Waals surface area contributed by atoms with E-state index < -0.39 is 5.54 Å². The zero-order valence-corrected chi connectivity index (χ0v) is 12.9. The maximum atomic E-state index is 11.6. The van der Waals surface area contributed by atoms with Crippen LogP contribution < -0.4 is 11.1 Å². The van der Waals surface area contributed by atoms with Crippen LogP contribution in [-0.4, -0.2) is 42.5 Å². The van der Waals surface area contributed by atoms with Gasteiger partial charge in [-0.15, -0.1) is 0 Å². The van der Waals surface area contributed by atoms with Crippen molar-refractivity contribution in [2.24, 2.45) is 11.7 Å². The van der Waals surface area contributed by atoms with Crippen molar-refractivity contribution in [1.82, 2.24) is 10.2 Å². The number of nitrogens with two attached hydrogens (primary N) is 1. The molecule has 0 aromatic heterocycles. The van der Waals surface area contributed by atoms with Gasteiger partial charge >= 0.3 is 0 Å². The zero-order valence-electron chi connectivity index (χ0n) is 12.9. The van der Waals surface area contributed by atoms with Crippen molar-refractivity contribution in [3.8, 4) is 0 Å². The monoisotopic (exact) mass is 257 g/mol. The van der Waals surface area contributed by atoms with Crippen LogP contribution in [0.5, 0.6) is 0 Å². The molecular weight excluding hydrogens is 226 g/mol. The fourth-order valence-corrected chi connectivity index (χ4v) is 1.91. The van der Waals surface area contributed by atoms with E-state index in [0.29, 0.717) is 5.92 Å². The number of hydrogen-bond donors (Lipinski definition) is 2. The summed E-state index contributed by atoms with van der Waals surface area (Å²) < 4.78 is 0. The summed E-state index contributed by atoms with van der Waals surface area (Å²) in [5.41, 5.74) is 4.90. The van der Waals surface area contributed by atoms with Gasteiger partial charge in [0.1, 0.15) is 0 Å². The van der Waals surface area contributed by atoms with E-state index in [1.807, 2.05) is 20.8 Å². The average Bonchev–Trinajstić information content (AvgIpc) is 2.22. The number of carbonyl (C=O) groups excluding carboxylic acids is 1. The first kappa shape index (κ1) is 17.4. The van der Waals surface area contributed by atoms with E-state index in [1.165, 1.54) is 6.42 Å². The third-order valence-corrected chi connectivity index (χ3v) is 3.23. The van der Waals surface area contributed by atoms with Gasteiger partial charge in [0, 0.05) is 12.6 Å². The Labute approximate surface area is 112 Å². The standard InChI is InChI=1S/C14H31N3O/c1-11(2)7-9-17(6)10-8-14(5,13(15)18)16-12(3)4/h11-12,16H,7-10H2,1-6H3,(H2,15,18). The number of amides is 1. The molecule has 108 valence electrons. The molecule has 1 amide bonds. The molecule has 4 nitrogen and oxygen atoms in total. The Morgan fingerprint density at radius 3 is 2.22 bits per heavy atom. The topological polar surface area (TPSA) is 58.4 Å². The minimum atomic E-state index is -0.611. The number of rotatable bonds is 9. The van der Waals surface area contributed by atoms with Gasteiger partial charge in [0.2, 0.25) is 5.91 Å². The normalized spacial score (nSPS) is 15.4. The third-order valence-electron chi connectivity index (χ3n) is 3.23. The third kappa shape index (κ3) is 6.97. The molecule has 0 aliphatic carbocycles. The summed E-state index contributed by atoms with van der Waals surface area (Å²) in [7, 11) is 2.10. The minimum absolute atomic E-state index is 0.253. The summed E-state index contributed by atoms with van der Waals surface area (Å²) in [6.07, 6.45) is 1.93. The van der Waals surface area contributed by atoms with Gasteiger partial charge in [0.25, 0.3) is 0 Å². The molecule has 0 aromatic rings. The van der Waals surface area contributed by atoms with Crippen LogP contribution in [0.4, 0.5) is 0 Å². The first-order valence-corrected chi connectivity index (χ1v) is 6.93. The van der Waals surface area contributed by atoms with Crippen LogP contribution in [0.3, 0.4) is 0 Å². The molecule has 0 aliphatic heterocycles. The molecule has 0 bridgehead atoms. The number of nitrogens with zero attached hydrogens (tertiary/aromatic N) is 1. The Kier molecular flexibility index (Phi) is 7.48. The van der Waals surface area contributed by atoms with Gasteiger partial charge in [-0.3, -0.25) is 4.79 Å². The lowest BCUT2D eigenvalue weighted by Crippen LogP contribution is -2.56. The van der Waals surface area contributed by atoms with Gasteiger partial charge in [0.05, 0.1) is 5.54 Å². The van der Waals surface area contributed by atoms with E-state index in [1.54, 1.807) is 0 Å². The molecule has 0 rings (SSSR count). The Bertz CT molecular complexity index is 253. The smallest absolute Gasteiger partial charge is 0.237 e. The van der Waals surface area contributed by atoms with E-state index in [0.717, 1.165) is 19.5 Å². The highest BCUT2D eigenvalue weighted by Crippen LogP contribution is 2.12. The second kappa shape index (κ2) is 7.74. The maximum absolute atomic E-state index is 11.6. The maximum Gasteiger partial charge on any atom is 0.237 e. The summed E-state index contributed by atoms with van der Waals surface area (Å²) in [5.74, 6) is 0.442. The van der Waals surface area contributed by atoms with E-state index in [9.17, 15) is 4.79 Å². The molecule has 18 heavy (non-hydrogen) atoms. The highest BCUT2D eigenvalue weighted by atomic mass is 16.1. The summed E-state index contributed by atoms with van der Waals surface area (Å²) in [6, 6.07) is 0.253. The number of carbonyl (C=O) groups is 1. The van der Waals surface area contributed by atoms with Crippen LogP contribution in [0, 0.1) is 5.92 Å². The highest BCUT2D eigenvalue weighted by molar-refractivity contribution is 5.84. The molecule has 0 aliphatic rings. The molecule has 3 N–H and O–H groups in total. The molecule has 0 spiro atoms. The quantitative estimate of drug-likeness (QED) is 0.659. The van der Waals surface area contributed by atoms with Crippen molar-refractivity contribution in [3.63, 3.8) is 0 Å². The summed E-state index contributed by atoms with van der Waals surface area (Å²) in [5, 5.41) is 3.27. The second-order valence-corrected chi connectivity index (χ2v) is 6.23. The average molecular weight is 257 g/mol. The number of nitrogens with one attached hydrogen (secondary N) is 1. The summed E-state index contributed by atoms with van der Waals surface area (Å²) in [4.78, 5) is 13.8. The van der Waals surface area contributed by atoms with Crippen LogP contribution >= 0.6 is 0 Å². The predicted molar refractivity (Wildman–Crippen MR) is 77.4 cm³/mol. The van der Waals surface area contributed by atoms with Gasteiger partial charge in [-0.25, -0.2) is 0 Å². The predicted octanol–water partition coefficient (Wildman–Crippen LogP) is 1.60.